The Balaban J connectivity index is 2.20. The van der Waals surface area contributed by atoms with Crippen molar-refractivity contribution >= 4 is 28.9 Å². The Morgan fingerprint density at radius 3 is 2.96 bits per heavy atom. The van der Waals surface area contributed by atoms with Crippen molar-refractivity contribution in [3.63, 3.8) is 0 Å². The van der Waals surface area contributed by atoms with Crippen molar-refractivity contribution in [3.8, 4) is 0 Å². The number of carbonyl (C=O) groups is 2. The van der Waals surface area contributed by atoms with E-state index in [1.165, 1.54) is 6.20 Å². The molecule has 7 nitrogen and oxygen atoms in total. The molecule has 3 rings (SSSR count). The third-order valence-corrected chi connectivity index (χ3v) is 3.72. The first kappa shape index (κ1) is 15.0. The monoisotopic (exact) mass is 313 g/mol. The smallest absolute Gasteiger partial charge is 0.319 e. The number of pyridine rings is 1. The number of rotatable bonds is 3. The summed E-state index contributed by atoms with van der Waals surface area (Å²) in [5, 5.41) is 14.0. The third kappa shape index (κ3) is 2.61. The normalized spacial score (nSPS) is 16.6. The van der Waals surface area contributed by atoms with Crippen molar-refractivity contribution in [1.29, 1.82) is 0 Å². The highest BCUT2D eigenvalue weighted by Gasteiger charge is 2.26. The molecule has 0 radical (unpaired) electrons. The average molecular weight is 313 g/mol. The fourth-order valence-corrected chi connectivity index (χ4v) is 2.66. The molecule has 2 aromatic rings. The minimum atomic E-state index is -0.609. The Morgan fingerprint density at radius 1 is 1.48 bits per heavy atom. The zero-order valence-corrected chi connectivity index (χ0v) is 12.5. The van der Waals surface area contributed by atoms with E-state index < -0.39 is 17.8 Å². The van der Waals surface area contributed by atoms with Gasteiger partial charge in [0.05, 0.1) is 12.2 Å². The van der Waals surface area contributed by atoms with Crippen LogP contribution in [0.15, 0.2) is 24.4 Å². The second-order valence-corrected chi connectivity index (χ2v) is 5.25. The second-order valence-electron chi connectivity index (χ2n) is 5.25. The molecule has 23 heavy (non-hydrogen) atoms. The van der Waals surface area contributed by atoms with Crippen molar-refractivity contribution in [2.24, 2.45) is 11.7 Å². The van der Waals surface area contributed by atoms with E-state index in [4.69, 9.17) is 10.5 Å². The molecule has 1 aliphatic heterocycles. The highest BCUT2D eigenvalue weighted by Crippen LogP contribution is 2.10. The molecule has 0 saturated carbocycles. The van der Waals surface area contributed by atoms with Gasteiger partial charge in [0.1, 0.15) is 11.4 Å². The predicted octanol–water partition coefficient (Wildman–Crippen LogP) is -0.704. The summed E-state index contributed by atoms with van der Waals surface area (Å²) in [6.07, 6.45) is 3.06. The second kappa shape index (κ2) is 5.68. The van der Waals surface area contributed by atoms with Gasteiger partial charge in [-0.1, -0.05) is 6.07 Å². The molecular weight excluding hydrogens is 298 g/mol. The largest absolute Gasteiger partial charge is 0.623 e. The van der Waals surface area contributed by atoms with Gasteiger partial charge in [0.15, 0.2) is 6.54 Å². The van der Waals surface area contributed by atoms with Crippen molar-refractivity contribution < 1.29 is 14.3 Å². The minimum Gasteiger partial charge on any atom is -0.623 e. The third-order valence-electron chi connectivity index (χ3n) is 3.72. The summed E-state index contributed by atoms with van der Waals surface area (Å²) in [7, 11) is 0. The van der Waals surface area contributed by atoms with Crippen LogP contribution < -0.4 is 21.0 Å². The molecule has 7 heteroatoms. The maximum absolute atomic E-state index is 12.4. The van der Waals surface area contributed by atoms with Gasteiger partial charge in [-0.3, -0.25) is 9.59 Å². The summed E-state index contributed by atoms with van der Waals surface area (Å²) in [4.78, 5) is 27.3. The molecular formula is C16H15N3O4. The van der Waals surface area contributed by atoms with E-state index >= 15 is 0 Å². The van der Waals surface area contributed by atoms with Crippen LogP contribution in [0.2, 0.25) is 0 Å². The number of hydrogen-bond donors (Lipinski definition) is 1. The summed E-state index contributed by atoms with van der Waals surface area (Å²) in [6.45, 7) is 1.96. The first-order valence-electron chi connectivity index (χ1n) is 7.20. The number of hydrogen-bond acceptors (Lipinski definition) is 5. The van der Waals surface area contributed by atoms with Crippen LogP contribution in [0.1, 0.15) is 17.3 Å². The first-order chi connectivity index (χ1) is 11.0. The van der Waals surface area contributed by atoms with Gasteiger partial charge in [-0.2, -0.15) is 0 Å². The number of carbonyl (C=O) groups excluding carboxylic acids is 2. The highest BCUT2D eigenvalue weighted by atomic mass is 16.5. The quantitative estimate of drug-likeness (QED) is 0.458. The number of benzene rings is 1. The van der Waals surface area contributed by atoms with Gasteiger partial charge >= 0.3 is 5.97 Å². The van der Waals surface area contributed by atoms with Crippen LogP contribution in [0, 0.1) is 11.1 Å². The number of aromatic nitrogens is 1. The molecule has 2 N–H and O–H groups in total. The number of nitrogens with two attached hydrogens (primary N) is 1. The fraction of sp³-hybridized carbons (Fsp3) is 0.250. The molecule has 0 spiro atoms. The fourth-order valence-electron chi connectivity index (χ4n) is 2.66. The molecule has 0 fully saturated rings. The van der Waals surface area contributed by atoms with Crippen LogP contribution >= 0.6 is 0 Å². The Kier molecular flexibility index (Phi) is 3.69. The topological polar surface area (TPSA) is 108 Å². The Labute approximate surface area is 131 Å². The van der Waals surface area contributed by atoms with E-state index in [0.717, 1.165) is 4.74 Å². The summed E-state index contributed by atoms with van der Waals surface area (Å²) in [5.74, 6) is -1.61. The maximum Gasteiger partial charge on any atom is 0.319 e. The number of amides is 1. The van der Waals surface area contributed by atoms with E-state index in [1.54, 1.807) is 31.2 Å². The molecule has 2 heterocycles. The maximum atomic E-state index is 12.4. The SMILES string of the molecule is CCOC(=O)C1C=c2ccc3cc(C(N)=O)cnc3c2=[N+]([O-])C1. The Bertz CT molecular complexity index is 936. The van der Waals surface area contributed by atoms with E-state index in [1.807, 2.05) is 0 Å². The lowest BCUT2D eigenvalue weighted by Gasteiger charge is -2.15. The van der Waals surface area contributed by atoms with Crippen LogP contribution in [0.3, 0.4) is 0 Å². The number of primary amides is 1. The van der Waals surface area contributed by atoms with Crippen LogP contribution in [0.4, 0.5) is 0 Å². The van der Waals surface area contributed by atoms with Crippen molar-refractivity contribution in [1.82, 2.24) is 9.72 Å². The summed E-state index contributed by atoms with van der Waals surface area (Å²) in [5.41, 5.74) is 5.99. The van der Waals surface area contributed by atoms with E-state index in [9.17, 15) is 14.8 Å². The van der Waals surface area contributed by atoms with E-state index in [0.29, 0.717) is 21.5 Å². The lowest BCUT2D eigenvalue weighted by atomic mass is 10.0. The van der Waals surface area contributed by atoms with Crippen molar-refractivity contribution in [2.45, 2.75) is 6.92 Å². The molecule has 1 atom stereocenters. The van der Waals surface area contributed by atoms with Crippen LogP contribution in [0.25, 0.3) is 17.0 Å². The van der Waals surface area contributed by atoms with Gasteiger partial charge < -0.3 is 15.7 Å². The zero-order valence-electron chi connectivity index (χ0n) is 12.5. The predicted molar refractivity (Wildman–Crippen MR) is 83.6 cm³/mol. The standard InChI is InChI=1S/C16H15N3O4/c1-2-23-16(21)12-6-10-4-3-9-5-11(15(17)20)7-18-13(9)14(10)19(22)8-12/h3-7,12H,2,8H2,1H3,(H2,17,20). The van der Waals surface area contributed by atoms with Gasteiger partial charge in [-0.15, -0.1) is 0 Å². The van der Waals surface area contributed by atoms with Gasteiger partial charge in [0.25, 0.3) is 0 Å². The number of hydroxylamine groups is 1. The van der Waals surface area contributed by atoms with Crippen molar-refractivity contribution in [3.05, 3.63) is 45.7 Å². The number of esters is 1. The molecule has 118 valence electrons. The van der Waals surface area contributed by atoms with Gasteiger partial charge in [0, 0.05) is 16.8 Å². The molecule has 1 amide bonds. The summed E-state index contributed by atoms with van der Waals surface area (Å²) >= 11 is 0. The first-order valence-corrected chi connectivity index (χ1v) is 7.20. The average Bonchev–Trinajstić information content (AvgIpc) is 2.53. The Hall–Kier alpha value is -2.96. The van der Waals surface area contributed by atoms with E-state index in [-0.39, 0.29) is 18.7 Å². The van der Waals surface area contributed by atoms with Crippen molar-refractivity contribution in [2.75, 3.05) is 13.2 Å². The van der Waals surface area contributed by atoms with Gasteiger partial charge in [-0.05, 0) is 25.1 Å². The minimum absolute atomic E-state index is 0.0236. The number of ether oxygens (including phenoxy) is 1. The zero-order chi connectivity index (χ0) is 16.6. The molecule has 0 bridgehead atoms. The van der Waals surface area contributed by atoms with E-state index in [2.05, 4.69) is 4.98 Å². The molecule has 0 aliphatic carbocycles. The number of fused-ring (bicyclic) bond motifs is 3. The van der Waals surface area contributed by atoms with Crippen LogP contribution in [-0.4, -0.2) is 30.0 Å². The highest BCUT2D eigenvalue weighted by molar-refractivity contribution is 5.96. The van der Waals surface area contributed by atoms with Crippen LogP contribution in [-0.2, 0) is 9.53 Å². The summed E-state index contributed by atoms with van der Waals surface area (Å²) in [6, 6.07) is 5.06. The van der Waals surface area contributed by atoms with Gasteiger partial charge in [-0.25, -0.2) is 9.72 Å². The van der Waals surface area contributed by atoms with Gasteiger partial charge in [0.2, 0.25) is 11.3 Å². The summed E-state index contributed by atoms with van der Waals surface area (Å²) < 4.78 is 5.72. The molecule has 0 saturated heterocycles. The lowest BCUT2D eigenvalue weighted by molar-refractivity contribution is -0.145. The number of nitrogens with zero attached hydrogens (tertiary/aromatic N) is 2. The Morgan fingerprint density at radius 2 is 2.26 bits per heavy atom. The molecule has 1 aromatic heterocycles. The molecule has 1 aromatic carbocycles. The van der Waals surface area contributed by atoms with Crippen LogP contribution in [0.5, 0.6) is 0 Å². The molecule has 1 unspecified atom stereocenters. The molecule has 1 aliphatic rings. The lowest BCUT2D eigenvalue weighted by Crippen LogP contribution is -2.46.